The fourth-order valence-electron chi connectivity index (χ4n) is 2.89. The molecule has 0 aliphatic heterocycles. The van der Waals surface area contributed by atoms with E-state index >= 15 is 0 Å². The van der Waals surface area contributed by atoms with Crippen LogP contribution in [0.4, 0.5) is 0 Å². The molecular formula is C21H24N2O3. The van der Waals surface area contributed by atoms with Gasteiger partial charge in [0.25, 0.3) is 5.91 Å². The Hall–Kier alpha value is -2.95. The molecule has 0 unspecified atom stereocenters. The van der Waals surface area contributed by atoms with E-state index in [1.165, 1.54) is 5.56 Å². The van der Waals surface area contributed by atoms with Gasteiger partial charge in [-0.05, 0) is 61.9 Å². The molecule has 3 aromatic rings. The first-order chi connectivity index (χ1) is 12.5. The minimum Gasteiger partial charge on any atom is -0.497 e. The Morgan fingerprint density at radius 3 is 2.46 bits per heavy atom. The number of ether oxygens (including phenoxy) is 2. The average Bonchev–Trinajstić information content (AvgIpc) is 2.95. The van der Waals surface area contributed by atoms with Crippen molar-refractivity contribution in [2.75, 3.05) is 27.3 Å². The zero-order chi connectivity index (χ0) is 18.7. The van der Waals surface area contributed by atoms with Crippen LogP contribution < -0.4 is 9.47 Å². The summed E-state index contributed by atoms with van der Waals surface area (Å²) in [5, 5.41) is 1.09. The Kier molecular flexibility index (Phi) is 5.16. The van der Waals surface area contributed by atoms with E-state index in [9.17, 15) is 4.79 Å². The number of aryl methyl sites for hydroxylation is 2. The number of nitrogens with zero attached hydrogens (tertiary/aromatic N) is 1. The van der Waals surface area contributed by atoms with Crippen molar-refractivity contribution in [3.8, 4) is 11.5 Å². The molecule has 1 aromatic heterocycles. The third kappa shape index (κ3) is 3.67. The maximum absolute atomic E-state index is 12.7. The molecule has 0 fully saturated rings. The predicted octanol–water partition coefficient (Wildman–Crippen LogP) is 3.94. The third-order valence-corrected chi connectivity index (χ3v) is 4.66. The minimum atomic E-state index is -0.0107. The Labute approximate surface area is 153 Å². The van der Waals surface area contributed by atoms with Crippen molar-refractivity contribution in [3.63, 3.8) is 0 Å². The van der Waals surface area contributed by atoms with Gasteiger partial charge >= 0.3 is 0 Å². The highest BCUT2D eigenvalue weighted by atomic mass is 16.5. The molecule has 5 heteroatoms. The molecule has 3 rings (SSSR count). The number of amides is 1. The highest BCUT2D eigenvalue weighted by molar-refractivity contribution is 5.98. The molecular weight excluding hydrogens is 328 g/mol. The van der Waals surface area contributed by atoms with Crippen molar-refractivity contribution >= 4 is 16.8 Å². The van der Waals surface area contributed by atoms with Crippen LogP contribution >= 0.6 is 0 Å². The van der Waals surface area contributed by atoms with Gasteiger partial charge in [0.05, 0.1) is 13.7 Å². The Bertz CT molecular complexity index is 913. The van der Waals surface area contributed by atoms with Crippen molar-refractivity contribution in [2.24, 2.45) is 0 Å². The highest BCUT2D eigenvalue weighted by Crippen LogP contribution is 2.23. The van der Waals surface area contributed by atoms with Gasteiger partial charge in [0.1, 0.15) is 18.1 Å². The van der Waals surface area contributed by atoms with Crippen LogP contribution in [0.3, 0.4) is 0 Å². The Morgan fingerprint density at radius 2 is 1.77 bits per heavy atom. The van der Waals surface area contributed by atoms with Crippen LogP contribution in [-0.4, -0.2) is 43.1 Å². The number of hydrogen-bond donors (Lipinski definition) is 1. The van der Waals surface area contributed by atoms with Crippen LogP contribution in [0.25, 0.3) is 10.9 Å². The van der Waals surface area contributed by atoms with Crippen LogP contribution in [-0.2, 0) is 0 Å². The van der Waals surface area contributed by atoms with Gasteiger partial charge < -0.3 is 19.4 Å². The smallest absolute Gasteiger partial charge is 0.253 e. The molecule has 0 saturated carbocycles. The predicted molar refractivity (Wildman–Crippen MR) is 103 cm³/mol. The summed E-state index contributed by atoms with van der Waals surface area (Å²) in [6, 6.07) is 13.2. The molecule has 1 amide bonds. The molecule has 0 bridgehead atoms. The first-order valence-corrected chi connectivity index (χ1v) is 8.61. The van der Waals surface area contributed by atoms with Crippen molar-refractivity contribution < 1.29 is 14.3 Å². The monoisotopic (exact) mass is 352 g/mol. The van der Waals surface area contributed by atoms with Gasteiger partial charge in [0.2, 0.25) is 0 Å². The first-order valence-electron chi connectivity index (χ1n) is 8.61. The van der Waals surface area contributed by atoms with Crippen LogP contribution in [0.2, 0.25) is 0 Å². The summed E-state index contributed by atoms with van der Waals surface area (Å²) in [5.74, 6) is 1.53. The van der Waals surface area contributed by atoms with E-state index in [0.29, 0.717) is 18.7 Å². The lowest BCUT2D eigenvalue weighted by Gasteiger charge is -2.18. The number of aromatic amines is 1. The highest BCUT2D eigenvalue weighted by Gasteiger charge is 2.14. The van der Waals surface area contributed by atoms with E-state index in [0.717, 1.165) is 28.1 Å². The number of methoxy groups -OCH3 is 1. The van der Waals surface area contributed by atoms with Gasteiger partial charge in [-0.3, -0.25) is 4.79 Å². The Morgan fingerprint density at radius 1 is 1.08 bits per heavy atom. The fourth-order valence-corrected chi connectivity index (χ4v) is 2.89. The lowest BCUT2D eigenvalue weighted by molar-refractivity contribution is 0.0774. The minimum absolute atomic E-state index is 0.0107. The van der Waals surface area contributed by atoms with Crippen molar-refractivity contribution in [1.29, 1.82) is 0 Å². The molecule has 1 heterocycles. The second-order valence-electron chi connectivity index (χ2n) is 6.39. The molecule has 0 atom stereocenters. The summed E-state index contributed by atoms with van der Waals surface area (Å²) < 4.78 is 10.8. The van der Waals surface area contributed by atoms with Crippen LogP contribution in [0.5, 0.6) is 11.5 Å². The van der Waals surface area contributed by atoms with Gasteiger partial charge in [-0.15, -0.1) is 0 Å². The number of hydrogen-bond acceptors (Lipinski definition) is 3. The van der Waals surface area contributed by atoms with E-state index < -0.39 is 0 Å². The third-order valence-electron chi connectivity index (χ3n) is 4.66. The molecule has 136 valence electrons. The Balaban J connectivity index is 1.61. The number of nitrogens with one attached hydrogen (secondary N) is 1. The van der Waals surface area contributed by atoms with Gasteiger partial charge in [-0.2, -0.15) is 0 Å². The fraction of sp³-hybridized carbons (Fsp3) is 0.286. The number of H-pyrrole nitrogens is 1. The standard InChI is InChI=1S/C21H24N2O3/c1-14-15(2)22-20-10-5-16(13-19(14)20)21(24)23(3)11-12-26-18-8-6-17(25-4)7-9-18/h5-10,13,22H,11-12H2,1-4H3. The normalized spacial score (nSPS) is 10.8. The summed E-state index contributed by atoms with van der Waals surface area (Å²) in [6.45, 7) is 5.04. The molecule has 0 spiro atoms. The number of carbonyl (C=O) groups excluding carboxylic acids is 1. The average molecular weight is 352 g/mol. The van der Waals surface area contributed by atoms with E-state index in [1.54, 1.807) is 19.1 Å². The van der Waals surface area contributed by atoms with Gasteiger partial charge in [-0.25, -0.2) is 0 Å². The maximum atomic E-state index is 12.7. The summed E-state index contributed by atoms with van der Waals surface area (Å²) in [7, 11) is 3.42. The molecule has 26 heavy (non-hydrogen) atoms. The quantitative estimate of drug-likeness (QED) is 0.731. The summed E-state index contributed by atoms with van der Waals surface area (Å²) in [6.07, 6.45) is 0. The lowest BCUT2D eigenvalue weighted by atomic mass is 10.1. The maximum Gasteiger partial charge on any atom is 0.253 e. The summed E-state index contributed by atoms with van der Waals surface area (Å²) >= 11 is 0. The molecule has 0 aliphatic carbocycles. The zero-order valence-corrected chi connectivity index (χ0v) is 15.6. The van der Waals surface area contributed by atoms with Crippen molar-refractivity contribution in [2.45, 2.75) is 13.8 Å². The van der Waals surface area contributed by atoms with E-state index in [4.69, 9.17) is 9.47 Å². The molecule has 1 N–H and O–H groups in total. The van der Waals surface area contributed by atoms with Crippen LogP contribution in [0.15, 0.2) is 42.5 Å². The van der Waals surface area contributed by atoms with Crippen molar-refractivity contribution in [3.05, 3.63) is 59.3 Å². The van der Waals surface area contributed by atoms with E-state index in [1.807, 2.05) is 49.4 Å². The zero-order valence-electron chi connectivity index (χ0n) is 15.6. The number of fused-ring (bicyclic) bond motifs is 1. The van der Waals surface area contributed by atoms with E-state index in [-0.39, 0.29) is 5.91 Å². The molecule has 5 nitrogen and oxygen atoms in total. The number of rotatable bonds is 6. The van der Waals surface area contributed by atoms with Gasteiger partial charge in [0, 0.05) is 29.2 Å². The van der Waals surface area contributed by atoms with Crippen molar-refractivity contribution in [1.82, 2.24) is 9.88 Å². The van der Waals surface area contributed by atoms with E-state index in [2.05, 4.69) is 11.9 Å². The SMILES string of the molecule is COc1ccc(OCCN(C)C(=O)c2ccc3[nH]c(C)c(C)c3c2)cc1. The lowest BCUT2D eigenvalue weighted by Crippen LogP contribution is -2.30. The molecule has 0 aliphatic rings. The van der Waals surface area contributed by atoms with Crippen LogP contribution in [0, 0.1) is 13.8 Å². The number of benzene rings is 2. The van der Waals surface area contributed by atoms with Gasteiger partial charge in [-0.1, -0.05) is 0 Å². The number of carbonyl (C=O) groups is 1. The largest absolute Gasteiger partial charge is 0.497 e. The van der Waals surface area contributed by atoms with Crippen LogP contribution in [0.1, 0.15) is 21.6 Å². The summed E-state index contributed by atoms with van der Waals surface area (Å²) in [4.78, 5) is 17.7. The van der Waals surface area contributed by atoms with Gasteiger partial charge in [0.15, 0.2) is 0 Å². The second kappa shape index (κ2) is 7.52. The second-order valence-corrected chi connectivity index (χ2v) is 6.39. The molecule has 2 aromatic carbocycles. The summed E-state index contributed by atoms with van der Waals surface area (Å²) in [5.41, 5.74) is 4.06. The number of aromatic nitrogens is 1. The number of likely N-dealkylation sites (N-methyl/N-ethyl adjacent to an activating group) is 1. The molecule has 0 saturated heterocycles. The first kappa shape index (κ1) is 17.9. The molecule has 0 radical (unpaired) electrons. The topological polar surface area (TPSA) is 54.6 Å².